The molecule has 3 atom stereocenters. The highest BCUT2D eigenvalue weighted by Crippen LogP contribution is 2.35. The smallest absolute Gasteiger partial charge is 0.262 e. The van der Waals surface area contributed by atoms with Crippen LogP contribution in [0.3, 0.4) is 0 Å². The standard InChI is InChI=1S/C30H38N4O4S/c1-19(2)17-21(32-27(36)25-12-11-24(39-25)20-9-5-3-6-10-20)28(37)33-16-13-22-26(33)23(35)18-34(22)29(38)30(31)14-7-4-8-15-30/h3,5-6,9-12,19,21-22,26H,4,7-8,13-18,31H2,1-2H3,(H,32,36). The number of fused-ring (bicyclic) bond motifs is 1. The molecule has 3 fully saturated rings. The number of hydrogen-bond donors (Lipinski definition) is 2. The highest BCUT2D eigenvalue weighted by atomic mass is 32.1. The largest absolute Gasteiger partial charge is 0.340 e. The molecular formula is C30H38N4O4S. The van der Waals surface area contributed by atoms with E-state index in [1.165, 1.54) is 11.3 Å². The third-order valence-corrected chi connectivity index (χ3v) is 9.47. The van der Waals surface area contributed by atoms with Crippen LogP contribution in [0.2, 0.25) is 0 Å². The number of likely N-dealkylation sites (tertiary alicyclic amines) is 2. The van der Waals surface area contributed by atoms with Gasteiger partial charge in [-0.05, 0) is 49.3 Å². The first-order valence-corrected chi connectivity index (χ1v) is 14.9. The lowest BCUT2D eigenvalue weighted by Gasteiger charge is -2.37. The number of amides is 3. The molecule has 1 saturated carbocycles. The molecule has 8 nitrogen and oxygen atoms in total. The van der Waals surface area contributed by atoms with Gasteiger partial charge in [0.05, 0.1) is 23.0 Å². The van der Waals surface area contributed by atoms with Crippen LogP contribution < -0.4 is 11.1 Å². The molecule has 1 aromatic heterocycles. The minimum absolute atomic E-state index is 0.00440. The summed E-state index contributed by atoms with van der Waals surface area (Å²) in [6, 6.07) is 11.8. The summed E-state index contributed by atoms with van der Waals surface area (Å²) in [4.78, 5) is 58.5. The number of thiophene rings is 1. The Bertz CT molecular complexity index is 1240. The fourth-order valence-electron chi connectivity index (χ4n) is 6.36. The first-order chi connectivity index (χ1) is 18.7. The van der Waals surface area contributed by atoms with Crippen LogP contribution in [0.15, 0.2) is 42.5 Å². The molecule has 3 amide bonds. The molecule has 1 aromatic carbocycles. The van der Waals surface area contributed by atoms with E-state index in [0.29, 0.717) is 37.1 Å². The topological polar surface area (TPSA) is 113 Å². The average molecular weight is 551 g/mol. The van der Waals surface area contributed by atoms with Crippen molar-refractivity contribution in [3.8, 4) is 10.4 Å². The molecule has 2 aromatic rings. The quantitative estimate of drug-likeness (QED) is 0.547. The van der Waals surface area contributed by atoms with Crippen molar-refractivity contribution in [2.45, 2.75) is 82.5 Å². The van der Waals surface area contributed by atoms with Gasteiger partial charge in [-0.3, -0.25) is 19.2 Å². The SMILES string of the molecule is CC(C)CC(NC(=O)c1ccc(-c2ccccc2)s1)C(=O)N1CCC2C1C(=O)CN2C(=O)C1(N)CCCCC1. The second-order valence-electron chi connectivity index (χ2n) is 11.6. The van der Waals surface area contributed by atoms with Crippen molar-refractivity contribution >= 4 is 34.8 Å². The zero-order valence-electron chi connectivity index (χ0n) is 22.7. The van der Waals surface area contributed by atoms with Crippen LogP contribution in [-0.4, -0.2) is 70.1 Å². The third kappa shape index (κ3) is 5.52. The minimum atomic E-state index is -0.918. The Morgan fingerprint density at radius 2 is 1.77 bits per heavy atom. The van der Waals surface area contributed by atoms with Gasteiger partial charge in [0.15, 0.2) is 5.78 Å². The van der Waals surface area contributed by atoms with E-state index >= 15 is 0 Å². The van der Waals surface area contributed by atoms with Gasteiger partial charge in [0.25, 0.3) is 5.91 Å². The Hall–Kier alpha value is -3.04. The molecular weight excluding hydrogens is 512 g/mol. The Balaban J connectivity index is 1.30. The third-order valence-electron chi connectivity index (χ3n) is 8.34. The number of hydrogen-bond acceptors (Lipinski definition) is 6. The first-order valence-electron chi connectivity index (χ1n) is 14.1. The number of rotatable bonds is 7. The Kier molecular flexibility index (Phi) is 7.91. The molecule has 1 aliphatic carbocycles. The summed E-state index contributed by atoms with van der Waals surface area (Å²) in [6.07, 6.45) is 5.16. The lowest BCUT2D eigenvalue weighted by molar-refractivity contribution is -0.140. The second kappa shape index (κ2) is 11.2. The van der Waals surface area contributed by atoms with Gasteiger partial charge in [0.1, 0.15) is 12.1 Å². The van der Waals surface area contributed by atoms with Gasteiger partial charge in [-0.15, -0.1) is 11.3 Å². The van der Waals surface area contributed by atoms with Crippen molar-refractivity contribution < 1.29 is 19.2 Å². The number of ketones is 1. The van der Waals surface area contributed by atoms with E-state index < -0.39 is 17.6 Å². The zero-order chi connectivity index (χ0) is 27.7. The Morgan fingerprint density at radius 1 is 1.05 bits per heavy atom. The number of nitrogens with two attached hydrogens (primary N) is 1. The molecule has 5 rings (SSSR count). The Morgan fingerprint density at radius 3 is 2.46 bits per heavy atom. The van der Waals surface area contributed by atoms with Crippen LogP contribution in [0, 0.1) is 5.92 Å². The maximum Gasteiger partial charge on any atom is 0.262 e. The zero-order valence-corrected chi connectivity index (χ0v) is 23.5. The van der Waals surface area contributed by atoms with Crippen molar-refractivity contribution in [2.24, 2.45) is 11.7 Å². The summed E-state index contributed by atoms with van der Waals surface area (Å²) in [5.41, 5.74) is 6.64. The van der Waals surface area contributed by atoms with Gasteiger partial charge >= 0.3 is 0 Å². The summed E-state index contributed by atoms with van der Waals surface area (Å²) >= 11 is 1.38. The summed E-state index contributed by atoms with van der Waals surface area (Å²) in [5, 5.41) is 2.96. The molecule has 0 bridgehead atoms. The molecule has 0 radical (unpaired) electrons. The van der Waals surface area contributed by atoms with E-state index in [-0.39, 0.29) is 42.0 Å². The number of benzene rings is 1. The van der Waals surface area contributed by atoms with E-state index in [2.05, 4.69) is 5.32 Å². The minimum Gasteiger partial charge on any atom is -0.340 e. The molecule has 208 valence electrons. The van der Waals surface area contributed by atoms with E-state index in [1.54, 1.807) is 15.9 Å². The van der Waals surface area contributed by atoms with Gasteiger partial charge in [0, 0.05) is 11.4 Å². The van der Waals surface area contributed by atoms with Crippen molar-refractivity contribution in [1.82, 2.24) is 15.1 Å². The summed E-state index contributed by atoms with van der Waals surface area (Å²) in [6.45, 7) is 4.38. The number of Topliss-reactive ketones (excluding diaryl/α,β-unsaturated/α-hetero) is 1. The van der Waals surface area contributed by atoms with Crippen molar-refractivity contribution in [1.29, 1.82) is 0 Å². The second-order valence-corrected chi connectivity index (χ2v) is 12.7. The monoisotopic (exact) mass is 550 g/mol. The van der Waals surface area contributed by atoms with Crippen molar-refractivity contribution in [3.05, 3.63) is 47.3 Å². The van der Waals surface area contributed by atoms with E-state index in [9.17, 15) is 19.2 Å². The van der Waals surface area contributed by atoms with E-state index in [4.69, 9.17) is 5.73 Å². The number of carbonyl (C=O) groups excluding carboxylic acids is 4. The fraction of sp³-hybridized carbons (Fsp3) is 0.533. The summed E-state index contributed by atoms with van der Waals surface area (Å²) in [7, 11) is 0. The lowest BCUT2D eigenvalue weighted by atomic mass is 9.81. The van der Waals surface area contributed by atoms with Crippen LogP contribution in [0.4, 0.5) is 0 Å². The predicted octanol–water partition coefficient (Wildman–Crippen LogP) is 3.60. The fourth-order valence-corrected chi connectivity index (χ4v) is 7.28. The molecule has 2 saturated heterocycles. The molecule has 3 unspecified atom stereocenters. The van der Waals surface area contributed by atoms with Crippen molar-refractivity contribution in [3.63, 3.8) is 0 Å². The summed E-state index contributed by atoms with van der Waals surface area (Å²) in [5.74, 6) is -0.682. The summed E-state index contributed by atoms with van der Waals surface area (Å²) < 4.78 is 0. The first kappa shape index (κ1) is 27.5. The number of nitrogens with zero attached hydrogens (tertiary/aromatic N) is 2. The highest BCUT2D eigenvalue weighted by Gasteiger charge is 2.54. The van der Waals surface area contributed by atoms with Gasteiger partial charge in [-0.1, -0.05) is 63.4 Å². The van der Waals surface area contributed by atoms with Crippen LogP contribution in [-0.2, 0) is 14.4 Å². The van der Waals surface area contributed by atoms with E-state index in [1.807, 2.05) is 50.2 Å². The molecule has 3 heterocycles. The molecule has 39 heavy (non-hydrogen) atoms. The number of carbonyl (C=O) groups is 4. The maximum absolute atomic E-state index is 13.8. The van der Waals surface area contributed by atoms with Crippen LogP contribution in [0.25, 0.3) is 10.4 Å². The molecule has 2 aliphatic heterocycles. The van der Waals surface area contributed by atoms with E-state index in [0.717, 1.165) is 29.7 Å². The van der Waals surface area contributed by atoms with Crippen LogP contribution in [0.1, 0.15) is 68.5 Å². The highest BCUT2D eigenvalue weighted by molar-refractivity contribution is 7.17. The molecule has 9 heteroatoms. The molecule has 3 aliphatic rings. The van der Waals surface area contributed by atoms with Gasteiger partial charge < -0.3 is 20.9 Å². The molecule has 0 spiro atoms. The lowest BCUT2D eigenvalue weighted by Crippen LogP contribution is -2.58. The van der Waals surface area contributed by atoms with Crippen LogP contribution in [0.5, 0.6) is 0 Å². The average Bonchev–Trinajstić information content (AvgIpc) is 3.66. The predicted molar refractivity (Wildman–Crippen MR) is 151 cm³/mol. The normalized spacial score (nSPS) is 23.1. The Labute approximate surface area is 233 Å². The van der Waals surface area contributed by atoms with Gasteiger partial charge in [-0.2, -0.15) is 0 Å². The van der Waals surface area contributed by atoms with Gasteiger partial charge in [0.2, 0.25) is 11.8 Å². The molecule has 3 N–H and O–H groups in total. The van der Waals surface area contributed by atoms with Gasteiger partial charge in [-0.25, -0.2) is 0 Å². The number of nitrogens with one attached hydrogen (secondary N) is 1. The van der Waals surface area contributed by atoms with Crippen LogP contribution >= 0.6 is 11.3 Å². The maximum atomic E-state index is 13.8. The van der Waals surface area contributed by atoms with Crippen molar-refractivity contribution in [2.75, 3.05) is 13.1 Å².